The number of carbonyl (C=O) groups is 1. The molecule has 0 aromatic heterocycles. The number of carbonyl (C=O) groups excluding carboxylic acids is 1. The third-order valence-electron chi connectivity index (χ3n) is 4.64. The Morgan fingerprint density at radius 3 is 2.41 bits per heavy atom. The first-order valence-corrected chi connectivity index (χ1v) is 9.42. The summed E-state index contributed by atoms with van der Waals surface area (Å²) < 4.78 is 45.7. The van der Waals surface area contributed by atoms with Crippen molar-refractivity contribution in [2.24, 2.45) is 0 Å². The largest absolute Gasteiger partial charge is 0.417 e. The molecule has 1 fully saturated rings. The highest BCUT2D eigenvalue weighted by Gasteiger charge is 2.35. The van der Waals surface area contributed by atoms with Gasteiger partial charge in [0.2, 0.25) is 5.91 Å². The van der Waals surface area contributed by atoms with E-state index in [1.165, 1.54) is 29.8 Å². The van der Waals surface area contributed by atoms with Crippen molar-refractivity contribution in [2.75, 3.05) is 26.2 Å². The predicted molar refractivity (Wildman–Crippen MR) is 105 cm³/mol. The number of benzene rings is 2. The number of hydrogen-bond donors (Lipinski definition) is 1. The summed E-state index contributed by atoms with van der Waals surface area (Å²) in [5, 5.41) is 2.54. The van der Waals surface area contributed by atoms with Crippen molar-refractivity contribution in [3.05, 3.63) is 77.9 Å². The van der Waals surface area contributed by atoms with Gasteiger partial charge in [-0.1, -0.05) is 60.7 Å². The van der Waals surface area contributed by atoms with Crippen molar-refractivity contribution in [2.45, 2.75) is 18.8 Å². The van der Waals surface area contributed by atoms with Crippen LogP contribution in [0.15, 0.2) is 66.7 Å². The highest BCUT2D eigenvalue weighted by Crippen LogP contribution is 2.33. The van der Waals surface area contributed by atoms with Gasteiger partial charge in [0.25, 0.3) is 0 Å². The summed E-state index contributed by atoms with van der Waals surface area (Å²) in [6.07, 6.45) is -4.28. The third-order valence-corrected chi connectivity index (χ3v) is 4.64. The monoisotopic (exact) mass is 404 g/mol. The molecule has 1 amide bonds. The lowest BCUT2D eigenvalue weighted by Crippen LogP contribution is -2.47. The number of alkyl halides is 3. The van der Waals surface area contributed by atoms with Gasteiger partial charge in [0.1, 0.15) is 0 Å². The van der Waals surface area contributed by atoms with Gasteiger partial charge in [-0.3, -0.25) is 9.69 Å². The first-order valence-electron chi connectivity index (χ1n) is 9.42. The van der Waals surface area contributed by atoms with E-state index in [0.29, 0.717) is 19.2 Å². The molecule has 7 heteroatoms. The fraction of sp³-hybridized carbons (Fsp3) is 0.318. The van der Waals surface area contributed by atoms with E-state index in [9.17, 15) is 18.0 Å². The maximum absolute atomic E-state index is 13.3. The predicted octanol–water partition coefficient (Wildman–Crippen LogP) is 3.65. The highest BCUT2D eigenvalue weighted by molar-refractivity contribution is 5.96. The minimum Gasteiger partial charge on any atom is -0.374 e. The van der Waals surface area contributed by atoms with Crippen molar-refractivity contribution in [3.8, 4) is 0 Å². The summed E-state index contributed by atoms with van der Waals surface area (Å²) in [4.78, 5) is 14.3. The Hall–Kier alpha value is -2.64. The van der Waals surface area contributed by atoms with Gasteiger partial charge in [0.05, 0.1) is 18.3 Å². The number of nitrogens with zero attached hydrogens (tertiary/aromatic N) is 1. The maximum Gasteiger partial charge on any atom is 0.417 e. The second-order valence-electron chi connectivity index (χ2n) is 6.88. The van der Waals surface area contributed by atoms with E-state index in [1.807, 2.05) is 30.3 Å². The molecule has 2 aromatic rings. The second-order valence-corrected chi connectivity index (χ2v) is 6.88. The van der Waals surface area contributed by atoms with Crippen LogP contribution >= 0.6 is 0 Å². The zero-order valence-electron chi connectivity index (χ0n) is 15.9. The molecular weight excluding hydrogens is 381 g/mol. The summed E-state index contributed by atoms with van der Waals surface area (Å²) in [6.45, 7) is 2.80. The van der Waals surface area contributed by atoms with E-state index >= 15 is 0 Å². The van der Waals surface area contributed by atoms with E-state index in [-0.39, 0.29) is 18.2 Å². The Morgan fingerprint density at radius 1 is 1.10 bits per heavy atom. The highest BCUT2D eigenvalue weighted by atomic mass is 19.4. The van der Waals surface area contributed by atoms with E-state index < -0.39 is 17.7 Å². The number of amides is 1. The molecule has 0 saturated carbocycles. The smallest absolute Gasteiger partial charge is 0.374 e. The van der Waals surface area contributed by atoms with Gasteiger partial charge >= 0.3 is 6.18 Å². The van der Waals surface area contributed by atoms with Gasteiger partial charge in [-0.05, 0) is 11.1 Å². The Bertz CT molecular complexity index is 823. The van der Waals surface area contributed by atoms with Gasteiger partial charge in [-0.25, -0.2) is 0 Å². The SMILES string of the molecule is O=C(/C=C(\c1ccccc1)C(F)(F)F)NCC1CN(Cc2ccccc2)CCO1. The normalized spacial score (nSPS) is 18.4. The van der Waals surface area contributed by atoms with Crippen LogP contribution in [-0.2, 0) is 16.1 Å². The average molecular weight is 404 g/mol. The first kappa shape index (κ1) is 21.1. The van der Waals surface area contributed by atoms with Crippen molar-refractivity contribution in [3.63, 3.8) is 0 Å². The Kier molecular flexibility index (Phi) is 7.06. The number of allylic oxidation sites excluding steroid dienone is 1. The van der Waals surface area contributed by atoms with Gasteiger partial charge in [0, 0.05) is 32.3 Å². The molecule has 1 saturated heterocycles. The standard InChI is InChI=1S/C22H23F3N2O2/c23-22(24,25)20(18-9-5-2-6-10-18)13-21(28)26-14-19-16-27(11-12-29-19)15-17-7-3-1-4-8-17/h1-10,13,19H,11-12,14-16H2,(H,26,28)/b20-13+. The third kappa shape index (κ3) is 6.44. The molecule has 1 aliphatic rings. The molecule has 3 rings (SSSR count). The molecule has 2 aromatic carbocycles. The maximum atomic E-state index is 13.3. The molecule has 1 N–H and O–H groups in total. The van der Waals surface area contributed by atoms with Crippen LogP contribution < -0.4 is 5.32 Å². The Labute approximate surface area is 168 Å². The van der Waals surface area contributed by atoms with Crippen LogP contribution in [0, 0.1) is 0 Å². The Morgan fingerprint density at radius 2 is 1.76 bits per heavy atom. The number of halogens is 3. The molecule has 0 aliphatic carbocycles. The van der Waals surface area contributed by atoms with Gasteiger partial charge < -0.3 is 10.1 Å². The quantitative estimate of drug-likeness (QED) is 0.748. The number of ether oxygens (including phenoxy) is 1. The molecule has 1 unspecified atom stereocenters. The lowest BCUT2D eigenvalue weighted by molar-refractivity contribution is -0.118. The van der Waals surface area contributed by atoms with E-state index in [0.717, 1.165) is 13.1 Å². The Balaban J connectivity index is 1.57. The van der Waals surface area contributed by atoms with Gasteiger partial charge in [-0.2, -0.15) is 13.2 Å². The van der Waals surface area contributed by atoms with Crippen LogP contribution in [-0.4, -0.2) is 49.3 Å². The fourth-order valence-corrected chi connectivity index (χ4v) is 3.23. The summed E-state index contributed by atoms with van der Waals surface area (Å²) in [5.41, 5.74) is 0.168. The van der Waals surface area contributed by atoms with Crippen molar-refractivity contribution < 1.29 is 22.7 Å². The van der Waals surface area contributed by atoms with Gasteiger partial charge in [-0.15, -0.1) is 0 Å². The topological polar surface area (TPSA) is 41.6 Å². The average Bonchev–Trinajstić information content (AvgIpc) is 2.71. The molecule has 0 radical (unpaired) electrons. The summed E-state index contributed by atoms with van der Waals surface area (Å²) >= 11 is 0. The van der Waals surface area contributed by atoms with Crippen LogP contribution in [0.1, 0.15) is 11.1 Å². The molecule has 0 spiro atoms. The van der Waals surface area contributed by atoms with E-state index in [1.54, 1.807) is 6.07 Å². The summed E-state index contributed by atoms with van der Waals surface area (Å²) in [6, 6.07) is 17.3. The minimum atomic E-state index is -4.62. The number of morpholine rings is 1. The van der Waals surface area contributed by atoms with Crippen molar-refractivity contribution in [1.29, 1.82) is 0 Å². The van der Waals surface area contributed by atoms with E-state index in [2.05, 4.69) is 10.2 Å². The molecule has 154 valence electrons. The molecule has 1 aliphatic heterocycles. The zero-order chi connectivity index (χ0) is 20.7. The van der Waals surface area contributed by atoms with Crippen LogP contribution in [0.4, 0.5) is 13.2 Å². The first-order chi connectivity index (χ1) is 13.9. The minimum absolute atomic E-state index is 0.0434. The van der Waals surface area contributed by atoms with Crippen LogP contribution in [0.25, 0.3) is 5.57 Å². The molecule has 1 heterocycles. The van der Waals surface area contributed by atoms with E-state index in [4.69, 9.17) is 4.74 Å². The summed E-state index contributed by atoms with van der Waals surface area (Å²) in [7, 11) is 0. The van der Waals surface area contributed by atoms with Crippen LogP contribution in [0.5, 0.6) is 0 Å². The number of nitrogens with one attached hydrogen (secondary N) is 1. The fourth-order valence-electron chi connectivity index (χ4n) is 3.23. The molecular formula is C22H23F3N2O2. The lowest BCUT2D eigenvalue weighted by Gasteiger charge is -2.33. The summed E-state index contributed by atoms with van der Waals surface area (Å²) in [5.74, 6) is -0.787. The second kappa shape index (κ2) is 9.71. The molecule has 0 bridgehead atoms. The zero-order valence-corrected chi connectivity index (χ0v) is 15.9. The number of hydrogen-bond acceptors (Lipinski definition) is 3. The molecule has 4 nitrogen and oxygen atoms in total. The lowest BCUT2D eigenvalue weighted by atomic mass is 10.1. The molecule has 1 atom stereocenters. The van der Waals surface area contributed by atoms with Gasteiger partial charge in [0.15, 0.2) is 0 Å². The number of rotatable bonds is 6. The molecule has 29 heavy (non-hydrogen) atoms. The van der Waals surface area contributed by atoms with Crippen LogP contribution in [0.3, 0.4) is 0 Å². The van der Waals surface area contributed by atoms with Crippen molar-refractivity contribution in [1.82, 2.24) is 10.2 Å². The van der Waals surface area contributed by atoms with Crippen LogP contribution in [0.2, 0.25) is 0 Å². The van der Waals surface area contributed by atoms with Crippen molar-refractivity contribution >= 4 is 11.5 Å².